The van der Waals surface area contributed by atoms with Crippen LogP contribution < -0.4 is 16.0 Å². The number of aromatic amines is 1. The zero-order valence-electron chi connectivity index (χ0n) is 25.8. The number of nitrogens with zero attached hydrogens (tertiary/aromatic N) is 1. The number of aryl methyl sites for hydroxylation is 1. The van der Waals surface area contributed by atoms with E-state index in [0.29, 0.717) is 24.6 Å². The van der Waals surface area contributed by atoms with Gasteiger partial charge in [-0.05, 0) is 61.6 Å². The highest BCUT2D eigenvalue weighted by Gasteiger charge is 2.31. The molecule has 0 fully saturated rings. The van der Waals surface area contributed by atoms with Gasteiger partial charge in [0.15, 0.2) is 0 Å². The molecule has 2 aromatic carbocycles. The Balaban J connectivity index is 1.81. The van der Waals surface area contributed by atoms with Crippen molar-refractivity contribution in [3.8, 4) is 0 Å². The molecule has 3 rings (SSSR count). The zero-order chi connectivity index (χ0) is 34.8. The number of sulfone groups is 1. The lowest BCUT2D eigenvalue weighted by atomic mass is 9.99. The van der Waals surface area contributed by atoms with Gasteiger partial charge in [-0.15, -0.1) is 0 Å². The summed E-state index contributed by atoms with van der Waals surface area (Å²) in [7, 11) is -3.59. The topological polar surface area (TPSA) is 153 Å². The molecule has 0 spiro atoms. The highest BCUT2D eigenvalue weighted by Crippen LogP contribution is 2.29. The number of unbranched alkanes of at least 4 members (excludes halogenated alkanes) is 1. The second kappa shape index (κ2) is 16.8. The first-order valence-electron chi connectivity index (χ1n) is 14.9. The van der Waals surface area contributed by atoms with Gasteiger partial charge >= 0.3 is 6.18 Å². The summed E-state index contributed by atoms with van der Waals surface area (Å²) in [6, 6.07) is 5.97. The van der Waals surface area contributed by atoms with Crippen molar-refractivity contribution in [3.05, 3.63) is 88.2 Å². The number of aliphatic hydroxyl groups is 1. The van der Waals surface area contributed by atoms with Crippen molar-refractivity contribution in [1.82, 2.24) is 26.1 Å². The summed E-state index contributed by atoms with van der Waals surface area (Å²) < 4.78 is 92.5. The number of rotatable bonds is 17. The first kappa shape index (κ1) is 37.6. The molecule has 0 bridgehead atoms. The summed E-state index contributed by atoms with van der Waals surface area (Å²) in [5, 5.41) is 25.4. The second-order valence-electron chi connectivity index (χ2n) is 11.2. The lowest BCUT2D eigenvalue weighted by Crippen LogP contribution is -2.55. The fraction of sp³-hybridized carbons (Fsp3) is 0.452. The van der Waals surface area contributed by atoms with Crippen LogP contribution in [-0.2, 0) is 33.8 Å². The molecule has 2 amide bonds. The highest BCUT2D eigenvalue weighted by molar-refractivity contribution is 7.91. The molecule has 5 N–H and O–H groups in total. The zero-order valence-corrected chi connectivity index (χ0v) is 26.6. The number of aromatic nitrogens is 2. The van der Waals surface area contributed by atoms with Gasteiger partial charge in [-0.1, -0.05) is 31.5 Å². The van der Waals surface area contributed by atoms with Gasteiger partial charge in [0, 0.05) is 24.8 Å². The molecule has 1 heterocycles. The third-order valence-corrected chi connectivity index (χ3v) is 8.96. The Bertz CT molecular complexity index is 1600. The minimum atomic E-state index is -4.55. The summed E-state index contributed by atoms with van der Waals surface area (Å²) in [6.45, 7) is 3.11. The number of halogens is 5. The molecule has 10 nitrogen and oxygen atoms in total. The number of H-pyrrole nitrogens is 1. The van der Waals surface area contributed by atoms with Crippen LogP contribution in [0.1, 0.15) is 59.1 Å². The van der Waals surface area contributed by atoms with E-state index in [0.717, 1.165) is 24.3 Å². The molecule has 0 radical (unpaired) electrons. The molecule has 47 heavy (non-hydrogen) atoms. The summed E-state index contributed by atoms with van der Waals surface area (Å²) >= 11 is 0. The van der Waals surface area contributed by atoms with Crippen LogP contribution in [0, 0.1) is 18.6 Å². The molecule has 0 saturated heterocycles. The van der Waals surface area contributed by atoms with Crippen LogP contribution in [0.2, 0.25) is 0 Å². The standard InChI is InChI=1S/C31H38F5N5O5S/c1-3-4-9-47(45,46)10-8-25(38-30(44)27-11-19(2)40-41-27)29(43)39-26(15-21-13-23(32)16-24(33)14-21)28(42)18-37-17-20-6-5-7-22(12-20)31(34,35)36/h5-7,11-14,16,25-26,28,37,42H,3-4,8-10,15,17-18H2,1-2H3,(H,38,44)(H,39,43)(H,40,41)/t25-,26+,28+/m1/s1. The molecule has 0 unspecified atom stereocenters. The summed E-state index contributed by atoms with van der Waals surface area (Å²) in [5.74, 6) is -4.01. The van der Waals surface area contributed by atoms with Crippen molar-refractivity contribution < 1.29 is 45.1 Å². The van der Waals surface area contributed by atoms with Crippen molar-refractivity contribution >= 4 is 21.7 Å². The van der Waals surface area contributed by atoms with E-state index in [2.05, 4.69) is 26.1 Å². The predicted octanol–water partition coefficient (Wildman–Crippen LogP) is 3.60. The van der Waals surface area contributed by atoms with Crippen molar-refractivity contribution in [2.75, 3.05) is 18.1 Å². The summed E-state index contributed by atoms with van der Waals surface area (Å²) in [4.78, 5) is 26.5. The van der Waals surface area contributed by atoms with Crippen molar-refractivity contribution in [2.24, 2.45) is 0 Å². The smallest absolute Gasteiger partial charge is 0.390 e. The van der Waals surface area contributed by atoms with Gasteiger partial charge in [0.05, 0.1) is 29.2 Å². The third kappa shape index (κ3) is 12.3. The molecule has 1 aromatic heterocycles. The Morgan fingerprint density at radius 3 is 2.32 bits per heavy atom. The number of hydrogen-bond acceptors (Lipinski definition) is 7. The molecule has 0 aliphatic rings. The Morgan fingerprint density at radius 2 is 1.70 bits per heavy atom. The number of carbonyl (C=O) groups is 2. The molecule has 0 aliphatic carbocycles. The minimum absolute atomic E-state index is 0.0558. The molecule has 3 atom stereocenters. The Kier molecular flexibility index (Phi) is 13.4. The van der Waals surface area contributed by atoms with E-state index in [4.69, 9.17) is 0 Å². The predicted molar refractivity (Wildman–Crippen MR) is 164 cm³/mol. The van der Waals surface area contributed by atoms with E-state index in [1.807, 2.05) is 6.92 Å². The van der Waals surface area contributed by atoms with E-state index in [-0.39, 0.29) is 48.5 Å². The van der Waals surface area contributed by atoms with Gasteiger partial charge in [-0.25, -0.2) is 17.2 Å². The number of carbonyl (C=O) groups excluding carboxylic acids is 2. The molecule has 258 valence electrons. The Labute approximate surface area is 269 Å². The van der Waals surface area contributed by atoms with E-state index >= 15 is 0 Å². The third-order valence-electron chi connectivity index (χ3n) is 7.19. The number of benzene rings is 2. The monoisotopic (exact) mass is 687 g/mol. The molecule has 16 heteroatoms. The molecule has 0 aliphatic heterocycles. The number of alkyl halides is 3. The number of amides is 2. The van der Waals surface area contributed by atoms with Gasteiger partial charge in [-0.3, -0.25) is 14.7 Å². The first-order chi connectivity index (χ1) is 22.1. The molecular formula is C31H38F5N5O5S. The van der Waals surface area contributed by atoms with Gasteiger partial charge in [-0.2, -0.15) is 18.3 Å². The lowest BCUT2D eigenvalue weighted by molar-refractivity contribution is -0.137. The maximum absolute atomic E-state index is 14.0. The largest absolute Gasteiger partial charge is 0.416 e. The van der Waals surface area contributed by atoms with Crippen LogP contribution in [0.5, 0.6) is 0 Å². The Morgan fingerprint density at radius 1 is 1.00 bits per heavy atom. The molecular weight excluding hydrogens is 649 g/mol. The van der Waals surface area contributed by atoms with Gasteiger partial charge in [0.25, 0.3) is 5.91 Å². The van der Waals surface area contributed by atoms with E-state index in [1.165, 1.54) is 18.2 Å². The molecule has 0 saturated carbocycles. The quantitative estimate of drug-likeness (QED) is 0.136. The first-order valence-corrected chi connectivity index (χ1v) is 16.7. The van der Waals surface area contributed by atoms with Gasteiger partial charge in [0.2, 0.25) is 5.91 Å². The normalized spacial score (nSPS) is 14.0. The molecule has 3 aromatic rings. The van der Waals surface area contributed by atoms with Crippen LogP contribution in [0.15, 0.2) is 48.5 Å². The van der Waals surface area contributed by atoms with Crippen LogP contribution in [0.25, 0.3) is 0 Å². The van der Waals surface area contributed by atoms with Crippen molar-refractivity contribution in [3.63, 3.8) is 0 Å². The summed E-state index contributed by atoms with van der Waals surface area (Å²) in [5.41, 5.74) is -0.0217. The Hall–Kier alpha value is -3.89. The minimum Gasteiger partial charge on any atom is -0.390 e. The maximum Gasteiger partial charge on any atom is 0.416 e. The number of aliphatic hydroxyl groups excluding tert-OH is 1. The van der Waals surface area contributed by atoms with Crippen LogP contribution in [0.4, 0.5) is 22.0 Å². The van der Waals surface area contributed by atoms with Crippen LogP contribution >= 0.6 is 0 Å². The van der Waals surface area contributed by atoms with Gasteiger partial charge in [0.1, 0.15) is 33.2 Å². The lowest BCUT2D eigenvalue weighted by Gasteiger charge is -2.27. The van der Waals surface area contributed by atoms with Crippen LogP contribution in [-0.4, -0.2) is 71.8 Å². The average Bonchev–Trinajstić information content (AvgIpc) is 3.43. The highest BCUT2D eigenvalue weighted by atomic mass is 32.2. The van der Waals surface area contributed by atoms with Crippen molar-refractivity contribution in [1.29, 1.82) is 0 Å². The number of hydrogen-bond donors (Lipinski definition) is 5. The SMILES string of the molecule is CCCCS(=O)(=O)CC[C@@H](NC(=O)c1cc(C)[nH]n1)C(=O)N[C@@H](Cc1cc(F)cc(F)c1)[C@@H](O)CNCc1cccc(C(F)(F)F)c1. The van der Waals surface area contributed by atoms with E-state index in [1.54, 1.807) is 6.92 Å². The van der Waals surface area contributed by atoms with Crippen LogP contribution in [0.3, 0.4) is 0 Å². The fourth-order valence-corrected chi connectivity index (χ4v) is 6.24. The number of nitrogens with one attached hydrogen (secondary N) is 4. The average molecular weight is 688 g/mol. The van der Waals surface area contributed by atoms with Crippen molar-refractivity contribution in [2.45, 2.75) is 70.4 Å². The van der Waals surface area contributed by atoms with E-state index in [9.17, 15) is 45.1 Å². The summed E-state index contributed by atoms with van der Waals surface area (Å²) in [6.07, 6.45) is -5.58. The van der Waals surface area contributed by atoms with Gasteiger partial charge < -0.3 is 21.1 Å². The van der Waals surface area contributed by atoms with E-state index < -0.39 is 69.0 Å². The fourth-order valence-electron chi connectivity index (χ4n) is 4.71. The maximum atomic E-state index is 14.0. The second-order valence-corrected chi connectivity index (χ2v) is 13.6.